The Labute approximate surface area is 96.5 Å². The van der Waals surface area contributed by atoms with Crippen LogP contribution in [0.15, 0.2) is 18.2 Å². The van der Waals surface area contributed by atoms with E-state index < -0.39 is 0 Å². The van der Waals surface area contributed by atoms with Crippen LogP contribution in [0.25, 0.3) is 0 Å². The molecule has 0 amide bonds. The van der Waals surface area contributed by atoms with Crippen LogP contribution in [0.1, 0.15) is 32.3 Å². The van der Waals surface area contributed by atoms with Crippen molar-refractivity contribution < 1.29 is 9.47 Å². The summed E-state index contributed by atoms with van der Waals surface area (Å²) in [5.41, 5.74) is 6.69. The maximum Gasteiger partial charge on any atom is 0.161 e. The van der Waals surface area contributed by atoms with E-state index in [-0.39, 0.29) is 6.10 Å². The second-order valence-electron chi connectivity index (χ2n) is 4.47. The van der Waals surface area contributed by atoms with Crippen LogP contribution in [-0.2, 0) is 6.54 Å². The Kier molecular flexibility index (Phi) is 3.34. The maximum atomic E-state index is 5.79. The van der Waals surface area contributed by atoms with Crippen LogP contribution in [0.2, 0.25) is 0 Å². The summed E-state index contributed by atoms with van der Waals surface area (Å²) in [4.78, 5) is 0. The SMILES string of the molecule is CC(C)Oc1cc(CN)ccc1OC1CC1. The van der Waals surface area contributed by atoms with Crippen LogP contribution in [0, 0.1) is 0 Å². The monoisotopic (exact) mass is 221 g/mol. The molecule has 2 N–H and O–H groups in total. The molecule has 2 rings (SSSR count). The third kappa shape index (κ3) is 2.89. The van der Waals surface area contributed by atoms with E-state index >= 15 is 0 Å². The van der Waals surface area contributed by atoms with Crippen molar-refractivity contribution in [3.63, 3.8) is 0 Å². The van der Waals surface area contributed by atoms with E-state index in [1.165, 1.54) is 0 Å². The summed E-state index contributed by atoms with van der Waals surface area (Å²) < 4.78 is 11.5. The predicted octanol–water partition coefficient (Wildman–Crippen LogP) is 2.47. The normalized spacial score (nSPS) is 15.2. The lowest BCUT2D eigenvalue weighted by Gasteiger charge is -2.15. The first-order valence-corrected chi connectivity index (χ1v) is 5.85. The molecule has 3 heteroatoms. The largest absolute Gasteiger partial charge is 0.487 e. The smallest absolute Gasteiger partial charge is 0.161 e. The van der Waals surface area contributed by atoms with Crippen molar-refractivity contribution in [3.8, 4) is 11.5 Å². The van der Waals surface area contributed by atoms with Crippen LogP contribution in [0.4, 0.5) is 0 Å². The van der Waals surface area contributed by atoms with Gasteiger partial charge in [-0.2, -0.15) is 0 Å². The highest BCUT2D eigenvalue weighted by molar-refractivity contribution is 5.43. The van der Waals surface area contributed by atoms with Gasteiger partial charge >= 0.3 is 0 Å². The average Bonchev–Trinajstić information content (AvgIpc) is 3.03. The first-order chi connectivity index (χ1) is 7.69. The Morgan fingerprint density at radius 1 is 1.31 bits per heavy atom. The molecule has 0 unspecified atom stereocenters. The van der Waals surface area contributed by atoms with E-state index in [9.17, 15) is 0 Å². The zero-order valence-corrected chi connectivity index (χ0v) is 9.90. The molecule has 0 heterocycles. The predicted molar refractivity (Wildman–Crippen MR) is 63.7 cm³/mol. The standard InChI is InChI=1S/C13H19NO2/c1-9(2)15-13-7-10(8-14)3-6-12(13)16-11-4-5-11/h3,6-7,9,11H,4-5,8,14H2,1-2H3. The van der Waals surface area contributed by atoms with Gasteiger partial charge in [-0.3, -0.25) is 0 Å². The van der Waals surface area contributed by atoms with Crippen molar-refractivity contribution >= 4 is 0 Å². The molecule has 1 aliphatic carbocycles. The lowest BCUT2D eigenvalue weighted by atomic mass is 10.2. The van der Waals surface area contributed by atoms with E-state index in [4.69, 9.17) is 15.2 Å². The molecule has 16 heavy (non-hydrogen) atoms. The van der Waals surface area contributed by atoms with Gasteiger partial charge in [-0.25, -0.2) is 0 Å². The van der Waals surface area contributed by atoms with E-state index in [0.29, 0.717) is 12.6 Å². The highest BCUT2D eigenvalue weighted by atomic mass is 16.5. The quantitative estimate of drug-likeness (QED) is 0.830. The molecule has 0 bridgehead atoms. The second-order valence-corrected chi connectivity index (χ2v) is 4.47. The number of rotatable bonds is 5. The van der Waals surface area contributed by atoms with Crippen molar-refractivity contribution in [2.24, 2.45) is 5.73 Å². The van der Waals surface area contributed by atoms with Gasteiger partial charge in [0.25, 0.3) is 0 Å². The van der Waals surface area contributed by atoms with Gasteiger partial charge < -0.3 is 15.2 Å². The summed E-state index contributed by atoms with van der Waals surface area (Å²) in [6.45, 7) is 4.55. The van der Waals surface area contributed by atoms with Crippen molar-refractivity contribution in [1.29, 1.82) is 0 Å². The number of hydrogen-bond acceptors (Lipinski definition) is 3. The van der Waals surface area contributed by atoms with Gasteiger partial charge in [-0.05, 0) is 44.4 Å². The molecule has 1 saturated carbocycles. The summed E-state index contributed by atoms with van der Waals surface area (Å²) >= 11 is 0. The Bertz CT molecular complexity index is 359. The van der Waals surface area contributed by atoms with Crippen LogP contribution in [0.3, 0.4) is 0 Å². The summed E-state index contributed by atoms with van der Waals surface area (Å²) in [7, 11) is 0. The number of hydrogen-bond donors (Lipinski definition) is 1. The number of nitrogens with two attached hydrogens (primary N) is 1. The fourth-order valence-electron chi connectivity index (χ4n) is 1.49. The zero-order chi connectivity index (χ0) is 11.5. The second kappa shape index (κ2) is 4.74. The summed E-state index contributed by atoms with van der Waals surface area (Å²) in [6, 6.07) is 5.92. The highest BCUT2D eigenvalue weighted by Crippen LogP contribution is 2.34. The molecule has 1 aromatic rings. The number of benzene rings is 1. The Morgan fingerprint density at radius 3 is 2.62 bits per heavy atom. The molecule has 0 spiro atoms. The molecule has 88 valence electrons. The topological polar surface area (TPSA) is 44.5 Å². The third-order valence-electron chi connectivity index (χ3n) is 2.42. The van der Waals surface area contributed by atoms with E-state index in [1.54, 1.807) is 0 Å². The minimum atomic E-state index is 0.148. The first-order valence-electron chi connectivity index (χ1n) is 5.85. The molecule has 3 nitrogen and oxygen atoms in total. The van der Waals surface area contributed by atoms with Crippen molar-refractivity contribution in [2.75, 3.05) is 0 Å². The summed E-state index contributed by atoms with van der Waals surface area (Å²) in [5, 5.41) is 0. The fourth-order valence-corrected chi connectivity index (χ4v) is 1.49. The Hall–Kier alpha value is -1.22. The molecular weight excluding hydrogens is 202 g/mol. The molecule has 1 aliphatic rings. The summed E-state index contributed by atoms with van der Waals surface area (Å²) in [5.74, 6) is 1.65. The van der Waals surface area contributed by atoms with Gasteiger partial charge in [0.15, 0.2) is 11.5 Å². The van der Waals surface area contributed by atoms with Gasteiger partial charge in [0.1, 0.15) is 0 Å². The van der Waals surface area contributed by atoms with Crippen molar-refractivity contribution in [2.45, 2.75) is 45.4 Å². The highest BCUT2D eigenvalue weighted by Gasteiger charge is 2.25. The van der Waals surface area contributed by atoms with E-state index in [2.05, 4.69) is 0 Å². The molecular formula is C13H19NO2. The molecule has 1 fully saturated rings. The van der Waals surface area contributed by atoms with Gasteiger partial charge in [0, 0.05) is 6.54 Å². The Morgan fingerprint density at radius 2 is 2.06 bits per heavy atom. The summed E-state index contributed by atoms with van der Waals surface area (Å²) in [6.07, 6.45) is 2.84. The molecule has 0 atom stereocenters. The van der Waals surface area contributed by atoms with Crippen molar-refractivity contribution in [1.82, 2.24) is 0 Å². The lowest BCUT2D eigenvalue weighted by molar-refractivity contribution is 0.217. The third-order valence-corrected chi connectivity index (χ3v) is 2.42. The average molecular weight is 221 g/mol. The molecule has 0 aliphatic heterocycles. The lowest BCUT2D eigenvalue weighted by Crippen LogP contribution is -2.09. The maximum absolute atomic E-state index is 5.79. The number of ether oxygens (including phenoxy) is 2. The van der Waals surface area contributed by atoms with Crippen LogP contribution < -0.4 is 15.2 Å². The molecule has 1 aromatic carbocycles. The van der Waals surface area contributed by atoms with Gasteiger partial charge in [0.05, 0.1) is 12.2 Å². The van der Waals surface area contributed by atoms with Gasteiger partial charge in [-0.15, -0.1) is 0 Å². The van der Waals surface area contributed by atoms with Crippen molar-refractivity contribution in [3.05, 3.63) is 23.8 Å². The molecule has 0 radical (unpaired) electrons. The van der Waals surface area contributed by atoms with Gasteiger partial charge in [0.2, 0.25) is 0 Å². The fraction of sp³-hybridized carbons (Fsp3) is 0.538. The minimum Gasteiger partial charge on any atom is -0.487 e. The van der Waals surface area contributed by atoms with Crippen LogP contribution in [0.5, 0.6) is 11.5 Å². The minimum absolute atomic E-state index is 0.148. The van der Waals surface area contributed by atoms with Gasteiger partial charge in [-0.1, -0.05) is 6.07 Å². The van der Waals surface area contributed by atoms with E-state index in [0.717, 1.165) is 29.9 Å². The molecule has 0 saturated heterocycles. The van der Waals surface area contributed by atoms with Crippen LogP contribution >= 0.6 is 0 Å². The Balaban J connectivity index is 2.18. The zero-order valence-electron chi connectivity index (χ0n) is 9.90. The first kappa shape index (κ1) is 11.3. The van der Waals surface area contributed by atoms with E-state index in [1.807, 2.05) is 32.0 Å². The van der Waals surface area contributed by atoms with Crippen LogP contribution in [-0.4, -0.2) is 12.2 Å². The molecule has 0 aromatic heterocycles.